The summed E-state index contributed by atoms with van der Waals surface area (Å²) in [7, 11) is 0. The van der Waals surface area contributed by atoms with Gasteiger partial charge in [-0.2, -0.15) is 0 Å². The fraction of sp³-hybridized carbons (Fsp3) is 0.333. The van der Waals surface area contributed by atoms with E-state index in [9.17, 15) is 0 Å². The van der Waals surface area contributed by atoms with E-state index in [0.29, 0.717) is 10.9 Å². The lowest BCUT2D eigenvalue weighted by Gasteiger charge is -2.20. The van der Waals surface area contributed by atoms with Gasteiger partial charge in [-0.15, -0.1) is 11.6 Å². The van der Waals surface area contributed by atoms with Gasteiger partial charge in [0, 0.05) is 10.9 Å². The molecular formula is C18H20Cl2O. The largest absolute Gasteiger partial charge is 0.457 e. The van der Waals surface area contributed by atoms with E-state index in [1.165, 1.54) is 5.56 Å². The number of alkyl halides is 1. The second-order valence-corrected chi connectivity index (χ2v) is 6.89. The fourth-order valence-corrected chi connectivity index (χ4v) is 2.60. The van der Waals surface area contributed by atoms with Gasteiger partial charge in [0.05, 0.1) is 0 Å². The average Bonchev–Trinajstić information content (AvgIpc) is 2.40. The summed E-state index contributed by atoms with van der Waals surface area (Å²) in [6, 6.07) is 11.9. The first-order chi connectivity index (χ1) is 9.81. The Kier molecular flexibility index (Phi) is 4.85. The summed E-state index contributed by atoms with van der Waals surface area (Å²) in [6.07, 6.45) is 0. The monoisotopic (exact) mass is 322 g/mol. The van der Waals surface area contributed by atoms with E-state index in [1.54, 1.807) is 6.07 Å². The Bertz CT molecular complexity index is 642. The van der Waals surface area contributed by atoms with E-state index in [2.05, 4.69) is 39.8 Å². The lowest BCUT2D eigenvalue weighted by Crippen LogP contribution is -2.11. The Morgan fingerprint density at radius 1 is 1.05 bits per heavy atom. The van der Waals surface area contributed by atoms with Crippen LogP contribution < -0.4 is 4.74 Å². The molecule has 112 valence electrons. The van der Waals surface area contributed by atoms with Crippen molar-refractivity contribution in [3.63, 3.8) is 0 Å². The van der Waals surface area contributed by atoms with Crippen molar-refractivity contribution in [2.45, 2.75) is 39.0 Å². The van der Waals surface area contributed by atoms with Gasteiger partial charge in [0.2, 0.25) is 0 Å². The van der Waals surface area contributed by atoms with Gasteiger partial charge in [-0.25, -0.2) is 0 Å². The standard InChI is InChI=1S/C18H20Cl2O/c1-12-9-14(18(2,3)4)6-8-17(12)21-15-7-5-13(11-19)16(20)10-15/h5-10H,11H2,1-4H3. The van der Waals surface area contributed by atoms with Crippen LogP contribution in [0.15, 0.2) is 36.4 Å². The van der Waals surface area contributed by atoms with Gasteiger partial charge in [-0.1, -0.05) is 50.6 Å². The highest BCUT2D eigenvalue weighted by atomic mass is 35.5. The number of benzene rings is 2. The van der Waals surface area contributed by atoms with Crippen molar-refractivity contribution in [1.82, 2.24) is 0 Å². The molecule has 0 aromatic heterocycles. The molecule has 0 saturated heterocycles. The first kappa shape index (κ1) is 16.2. The van der Waals surface area contributed by atoms with Gasteiger partial charge < -0.3 is 4.74 Å². The van der Waals surface area contributed by atoms with Crippen LogP contribution in [0, 0.1) is 6.92 Å². The third kappa shape index (κ3) is 3.93. The first-order valence-electron chi connectivity index (χ1n) is 6.94. The molecule has 0 heterocycles. The van der Waals surface area contributed by atoms with Gasteiger partial charge in [0.25, 0.3) is 0 Å². The lowest BCUT2D eigenvalue weighted by atomic mass is 9.86. The molecule has 0 aliphatic rings. The van der Waals surface area contributed by atoms with E-state index in [4.69, 9.17) is 27.9 Å². The summed E-state index contributed by atoms with van der Waals surface area (Å²) < 4.78 is 5.93. The van der Waals surface area contributed by atoms with Crippen LogP contribution in [0.3, 0.4) is 0 Å². The summed E-state index contributed by atoms with van der Waals surface area (Å²) >= 11 is 12.0. The summed E-state index contributed by atoms with van der Waals surface area (Å²) in [5.74, 6) is 1.97. The normalized spacial score (nSPS) is 11.5. The molecule has 0 N–H and O–H groups in total. The molecule has 3 heteroatoms. The number of hydrogen-bond acceptors (Lipinski definition) is 1. The Hall–Kier alpha value is -1.18. The SMILES string of the molecule is Cc1cc(C(C)(C)C)ccc1Oc1ccc(CCl)c(Cl)c1. The highest BCUT2D eigenvalue weighted by molar-refractivity contribution is 6.32. The quantitative estimate of drug-likeness (QED) is 0.588. The van der Waals surface area contributed by atoms with Gasteiger partial charge >= 0.3 is 0 Å². The second kappa shape index (κ2) is 6.29. The second-order valence-electron chi connectivity index (χ2n) is 6.22. The number of ether oxygens (including phenoxy) is 1. The van der Waals surface area contributed by atoms with Gasteiger partial charge in [-0.3, -0.25) is 0 Å². The Labute approximate surface area is 136 Å². The highest BCUT2D eigenvalue weighted by Gasteiger charge is 2.15. The predicted octanol–water partition coefficient (Wildman–Crippen LogP) is 6.48. The maximum Gasteiger partial charge on any atom is 0.130 e. The molecule has 0 unspecified atom stereocenters. The third-order valence-electron chi connectivity index (χ3n) is 3.44. The molecule has 0 bridgehead atoms. The van der Waals surface area contributed by atoms with Gasteiger partial charge in [0.1, 0.15) is 11.5 Å². The molecule has 2 aromatic rings. The van der Waals surface area contributed by atoms with E-state index in [0.717, 1.165) is 22.6 Å². The minimum atomic E-state index is 0.134. The molecule has 2 aromatic carbocycles. The zero-order valence-corrected chi connectivity index (χ0v) is 14.3. The minimum Gasteiger partial charge on any atom is -0.457 e. The van der Waals surface area contributed by atoms with E-state index < -0.39 is 0 Å². The molecule has 0 fully saturated rings. The molecular weight excluding hydrogens is 303 g/mol. The average molecular weight is 323 g/mol. The molecule has 1 nitrogen and oxygen atoms in total. The van der Waals surface area contributed by atoms with Crippen molar-refractivity contribution in [3.05, 3.63) is 58.1 Å². The van der Waals surface area contributed by atoms with Crippen LogP contribution in [-0.4, -0.2) is 0 Å². The topological polar surface area (TPSA) is 9.23 Å². The fourth-order valence-electron chi connectivity index (χ4n) is 2.06. The van der Waals surface area contributed by atoms with Crippen molar-refractivity contribution in [2.24, 2.45) is 0 Å². The summed E-state index contributed by atoms with van der Waals surface area (Å²) in [4.78, 5) is 0. The molecule has 0 amide bonds. The van der Waals surface area contributed by atoms with Crippen molar-refractivity contribution in [3.8, 4) is 11.5 Å². The number of halogens is 2. The maximum absolute atomic E-state index is 6.16. The molecule has 2 rings (SSSR count). The molecule has 0 atom stereocenters. The lowest BCUT2D eigenvalue weighted by molar-refractivity contribution is 0.477. The maximum atomic E-state index is 6.16. The van der Waals surface area contributed by atoms with E-state index >= 15 is 0 Å². The first-order valence-corrected chi connectivity index (χ1v) is 7.86. The van der Waals surface area contributed by atoms with Crippen LogP contribution in [0.4, 0.5) is 0 Å². The zero-order valence-electron chi connectivity index (χ0n) is 12.8. The van der Waals surface area contributed by atoms with E-state index in [1.807, 2.05) is 18.2 Å². The third-order valence-corrected chi connectivity index (χ3v) is 4.08. The Morgan fingerprint density at radius 2 is 1.76 bits per heavy atom. The number of hydrogen-bond donors (Lipinski definition) is 0. The molecule has 0 aliphatic carbocycles. The minimum absolute atomic E-state index is 0.134. The van der Waals surface area contributed by atoms with Crippen LogP contribution in [0.1, 0.15) is 37.5 Å². The molecule has 0 aliphatic heterocycles. The predicted molar refractivity (Wildman–Crippen MR) is 91.0 cm³/mol. The van der Waals surface area contributed by atoms with Crippen LogP contribution in [0.2, 0.25) is 5.02 Å². The smallest absolute Gasteiger partial charge is 0.130 e. The van der Waals surface area contributed by atoms with Crippen molar-refractivity contribution in [1.29, 1.82) is 0 Å². The number of aryl methyl sites for hydroxylation is 1. The summed E-state index contributed by atoms with van der Waals surface area (Å²) in [6.45, 7) is 8.66. The Balaban J connectivity index is 2.26. The zero-order chi connectivity index (χ0) is 15.6. The van der Waals surface area contributed by atoms with Crippen LogP contribution in [0.25, 0.3) is 0 Å². The highest BCUT2D eigenvalue weighted by Crippen LogP contribution is 2.32. The summed E-state index contributed by atoms with van der Waals surface area (Å²) in [5.41, 5.74) is 3.45. The molecule has 21 heavy (non-hydrogen) atoms. The van der Waals surface area contributed by atoms with Crippen molar-refractivity contribution >= 4 is 23.2 Å². The van der Waals surface area contributed by atoms with Gasteiger partial charge in [0.15, 0.2) is 0 Å². The van der Waals surface area contributed by atoms with Crippen LogP contribution >= 0.6 is 23.2 Å². The van der Waals surface area contributed by atoms with Crippen molar-refractivity contribution < 1.29 is 4.74 Å². The van der Waals surface area contributed by atoms with Gasteiger partial charge in [-0.05, 0) is 47.2 Å². The van der Waals surface area contributed by atoms with Crippen LogP contribution in [0.5, 0.6) is 11.5 Å². The summed E-state index contributed by atoms with van der Waals surface area (Å²) in [5, 5.41) is 0.631. The molecule has 0 saturated carbocycles. The van der Waals surface area contributed by atoms with E-state index in [-0.39, 0.29) is 5.41 Å². The molecule has 0 radical (unpaired) electrons. The molecule has 0 spiro atoms. The Morgan fingerprint density at radius 3 is 2.29 bits per heavy atom. The van der Waals surface area contributed by atoms with Crippen molar-refractivity contribution in [2.75, 3.05) is 0 Å². The van der Waals surface area contributed by atoms with Crippen LogP contribution in [-0.2, 0) is 11.3 Å². The number of rotatable bonds is 3.